The average molecular weight is 197 g/mol. The topological polar surface area (TPSA) is 66.9 Å². The second-order valence-corrected chi connectivity index (χ2v) is 3.26. The third kappa shape index (κ3) is 1.68. The standard InChI is InChI=1S/C3H2BrClN2O/c4-3(5,1-6)2(7)8/h(H2,7,8). The molecule has 0 aliphatic rings. The summed E-state index contributed by atoms with van der Waals surface area (Å²) < 4.78 is -1.73. The summed E-state index contributed by atoms with van der Waals surface area (Å²) in [5, 5.41) is 8.03. The van der Waals surface area contributed by atoms with Crippen LogP contribution in [-0.2, 0) is 4.79 Å². The summed E-state index contributed by atoms with van der Waals surface area (Å²) in [7, 11) is 0. The van der Waals surface area contributed by atoms with E-state index in [0.29, 0.717) is 0 Å². The maximum absolute atomic E-state index is 10.1. The first-order valence-corrected chi connectivity index (χ1v) is 2.77. The molecular weight excluding hydrogens is 195 g/mol. The van der Waals surface area contributed by atoms with Crippen LogP contribution >= 0.6 is 27.5 Å². The molecule has 0 radical (unpaired) electrons. The van der Waals surface area contributed by atoms with Gasteiger partial charge in [0.05, 0.1) is 0 Å². The van der Waals surface area contributed by atoms with Crippen molar-refractivity contribution in [3.05, 3.63) is 0 Å². The summed E-state index contributed by atoms with van der Waals surface area (Å²) >= 11 is 7.71. The molecule has 0 saturated carbocycles. The smallest absolute Gasteiger partial charge is 0.264 e. The Morgan fingerprint density at radius 1 is 2.00 bits per heavy atom. The van der Waals surface area contributed by atoms with E-state index in [9.17, 15) is 4.79 Å². The van der Waals surface area contributed by atoms with Crippen LogP contribution in [0.3, 0.4) is 0 Å². The molecule has 0 saturated heterocycles. The van der Waals surface area contributed by atoms with E-state index in [2.05, 4.69) is 21.7 Å². The first-order valence-electron chi connectivity index (χ1n) is 1.59. The monoisotopic (exact) mass is 196 g/mol. The van der Waals surface area contributed by atoms with E-state index in [1.165, 1.54) is 6.07 Å². The molecule has 1 amide bonds. The quantitative estimate of drug-likeness (QED) is 0.615. The molecule has 0 aromatic heterocycles. The molecule has 1 atom stereocenters. The summed E-state index contributed by atoms with van der Waals surface area (Å²) in [5.74, 6) is -0.901. The SMILES string of the molecule is N#CC(Cl)(Br)C(N)=O. The lowest BCUT2D eigenvalue weighted by Gasteiger charge is -2.01. The van der Waals surface area contributed by atoms with Gasteiger partial charge in [-0.05, 0) is 15.9 Å². The fourth-order valence-electron chi connectivity index (χ4n) is 0.0551. The molecular formula is C3H2BrClN2O. The normalized spacial score (nSPS) is 16.1. The molecule has 0 fully saturated rings. The van der Waals surface area contributed by atoms with Crippen LogP contribution in [0.25, 0.3) is 0 Å². The van der Waals surface area contributed by atoms with Crippen LogP contribution in [-0.4, -0.2) is 9.69 Å². The minimum Gasteiger partial charge on any atom is -0.366 e. The van der Waals surface area contributed by atoms with Crippen molar-refractivity contribution in [1.29, 1.82) is 5.26 Å². The molecule has 0 heterocycles. The minimum atomic E-state index is -1.73. The van der Waals surface area contributed by atoms with Crippen molar-refractivity contribution >= 4 is 33.4 Å². The molecule has 0 bridgehead atoms. The Balaban J connectivity index is 4.19. The summed E-state index contributed by atoms with van der Waals surface area (Å²) in [6, 6.07) is 1.45. The molecule has 0 spiro atoms. The van der Waals surface area contributed by atoms with Gasteiger partial charge in [0.25, 0.3) is 9.69 Å². The van der Waals surface area contributed by atoms with Crippen LogP contribution in [0.15, 0.2) is 0 Å². The summed E-state index contributed by atoms with van der Waals surface area (Å²) in [4.78, 5) is 10.1. The van der Waals surface area contributed by atoms with Crippen molar-refractivity contribution in [1.82, 2.24) is 0 Å². The number of hydrogen-bond acceptors (Lipinski definition) is 2. The zero-order valence-corrected chi connectivity index (χ0v) is 6.03. The number of rotatable bonds is 1. The van der Waals surface area contributed by atoms with E-state index < -0.39 is 9.69 Å². The van der Waals surface area contributed by atoms with Crippen molar-refractivity contribution in [2.24, 2.45) is 5.73 Å². The summed E-state index contributed by atoms with van der Waals surface area (Å²) in [6.07, 6.45) is 0. The van der Waals surface area contributed by atoms with Gasteiger partial charge in [-0.15, -0.1) is 0 Å². The van der Waals surface area contributed by atoms with Crippen molar-refractivity contribution < 1.29 is 4.79 Å². The van der Waals surface area contributed by atoms with Crippen LogP contribution in [0, 0.1) is 11.3 Å². The molecule has 8 heavy (non-hydrogen) atoms. The maximum atomic E-state index is 10.1. The van der Waals surface area contributed by atoms with Crippen molar-refractivity contribution in [2.45, 2.75) is 3.78 Å². The molecule has 0 aromatic carbocycles. The number of amides is 1. The van der Waals surface area contributed by atoms with E-state index >= 15 is 0 Å². The molecule has 44 valence electrons. The maximum Gasteiger partial charge on any atom is 0.264 e. The molecule has 0 rings (SSSR count). The molecule has 3 nitrogen and oxygen atoms in total. The fraction of sp³-hybridized carbons (Fsp3) is 0.333. The third-order valence-electron chi connectivity index (χ3n) is 0.450. The number of carbonyl (C=O) groups is 1. The lowest BCUT2D eigenvalue weighted by Crippen LogP contribution is -2.30. The second kappa shape index (κ2) is 2.33. The van der Waals surface area contributed by atoms with Crippen LogP contribution in [0.4, 0.5) is 0 Å². The van der Waals surface area contributed by atoms with Crippen molar-refractivity contribution in [3.8, 4) is 6.07 Å². The Bertz CT molecular complexity index is 150. The van der Waals surface area contributed by atoms with Gasteiger partial charge >= 0.3 is 0 Å². The lowest BCUT2D eigenvalue weighted by atomic mass is 10.4. The molecule has 0 aliphatic heterocycles. The van der Waals surface area contributed by atoms with E-state index in [1.54, 1.807) is 0 Å². The van der Waals surface area contributed by atoms with Crippen molar-refractivity contribution in [2.75, 3.05) is 0 Å². The Labute approximate surface area is 59.5 Å². The number of hydrogen-bond donors (Lipinski definition) is 1. The number of nitrogens with zero attached hydrogens (tertiary/aromatic N) is 1. The third-order valence-corrected chi connectivity index (χ3v) is 1.29. The highest BCUT2D eigenvalue weighted by molar-refractivity contribution is 9.11. The average Bonchev–Trinajstić information content (AvgIpc) is 1.67. The van der Waals surface area contributed by atoms with Gasteiger partial charge in [0.2, 0.25) is 0 Å². The van der Waals surface area contributed by atoms with Gasteiger partial charge in [0, 0.05) is 0 Å². The number of primary amides is 1. The fourth-order valence-corrected chi connectivity index (χ4v) is 0.0551. The highest BCUT2D eigenvalue weighted by Crippen LogP contribution is 2.20. The Morgan fingerprint density at radius 2 is 2.38 bits per heavy atom. The van der Waals surface area contributed by atoms with Crippen LogP contribution in [0.5, 0.6) is 0 Å². The lowest BCUT2D eigenvalue weighted by molar-refractivity contribution is -0.117. The van der Waals surface area contributed by atoms with E-state index in [4.69, 9.17) is 16.9 Å². The van der Waals surface area contributed by atoms with Crippen molar-refractivity contribution in [3.63, 3.8) is 0 Å². The van der Waals surface area contributed by atoms with Crippen LogP contribution in [0.1, 0.15) is 0 Å². The van der Waals surface area contributed by atoms with Crippen LogP contribution < -0.4 is 5.73 Å². The second-order valence-electron chi connectivity index (χ2n) is 1.05. The molecule has 1 unspecified atom stereocenters. The molecule has 2 N–H and O–H groups in total. The molecule has 5 heteroatoms. The van der Waals surface area contributed by atoms with Gasteiger partial charge in [-0.1, -0.05) is 11.6 Å². The van der Waals surface area contributed by atoms with Gasteiger partial charge in [-0.2, -0.15) is 5.26 Å². The predicted octanol–water partition coefficient (Wildman–Crippen LogP) is 0.325. The number of halogens is 2. The van der Waals surface area contributed by atoms with E-state index in [0.717, 1.165) is 0 Å². The highest BCUT2D eigenvalue weighted by Gasteiger charge is 2.29. The first-order chi connectivity index (χ1) is 3.50. The predicted molar refractivity (Wildman–Crippen MR) is 32.3 cm³/mol. The first kappa shape index (κ1) is 7.73. The number of nitrogens with two attached hydrogens (primary N) is 1. The Hall–Kier alpha value is -0.270. The van der Waals surface area contributed by atoms with Gasteiger partial charge in [-0.25, -0.2) is 0 Å². The highest BCUT2D eigenvalue weighted by atomic mass is 79.9. The van der Waals surface area contributed by atoms with Gasteiger partial charge < -0.3 is 5.73 Å². The number of alkyl halides is 2. The zero-order chi connectivity index (χ0) is 6.78. The molecule has 0 aliphatic carbocycles. The number of carbonyl (C=O) groups excluding carboxylic acids is 1. The minimum absolute atomic E-state index is 0.901. The number of nitriles is 1. The Morgan fingerprint density at radius 3 is 2.38 bits per heavy atom. The largest absolute Gasteiger partial charge is 0.366 e. The summed E-state index contributed by atoms with van der Waals surface area (Å²) in [6.45, 7) is 0. The summed E-state index contributed by atoms with van der Waals surface area (Å²) in [5.41, 5.74) is 4.64. The zero-order valence-electron chi connectivity index (χ0n) is 3.69. The van der Waals surface area contributed by atoms with Gasteiger partial charge in [0.15, 0.2) is 0 Å². The Kier molecular flexibility index (Phi) is 2.26. The molecule has 0 aromatic rings. The van der Waals surface area contributed by atoms with Gasteiger partial charge in [0.1, 0.15) is 6.07 Å². The van der Waals surface area contributed by atoms with E-state index in [-0.39, 0.29) is 0 Å². The van der Waals surface area contributed by atoms with E-state index in [1.807, 2.05) is 0 Å². The van der Waals surface area contributed by atoms with Crippen LogP contribution in [0.2, 0.25) is 0 Å². The van der Waals surface area contributed by atoms with Gasteiger partial charge in [-0.3, -0.25) is 4.79 Å².